The van der Waals surface area contributed by atoms with Crippen LogP contribution in [0.4, 0.5) is 8.78 Å². The number of benzene rings is 1. The summed E-state index contributed by atoms with van der Waals surface area (Å²) < 4.78 is 26.8. The lowest BCUT2D eigenvalue weighted by Gasteiger charge is -2.28. The van der Waals surface area contributed by atoms with E-state index in [9.17, 15) is 8.78 Å². The van der Waals surface area contributed by atoms with Crippen molar-refractivity contribution in [2.24, 2.45) is 0 Å². The van der Waals surface area contributed by atoms with E-state index in [-0.39, 0.29) is 18.8 Å². The molecular weight excluding hydrogens is 240 g/mol. The Hall–Kier alpha value is -1.04. The van der Waals surface area contributed by atoms with Crippen molar-refractivity contribution in [3.05, 3.63) is 35.4 Å². The fourth-order valence-corrected chi connectivity index (χ4v) is 1.70. The number of hydrogen-bond donors (Lipinski definition) is 3. The van der Waals surface area contributed by atoms with Crippen LogP contribution in [-0.2, 0) is 5.41 Å². The van der Waals surface area contributed by atoms with Crippen molar-refractivity contribution in [3.8, 4) is 0 Å². The summed E-state index contributed by atoms with van der Waals surface area (Å²) in [6.45, 7) is 3.43. The molecule has 102 valence electrons. The summed E-state index contributed by atoms with van der Waals surface area (Å²) >= 11 is 0. The Kier molecular flexibility index (Phi) is 5.19. The third kappa shape index (κ3) is 3.73. The Labute approximate surface area is 105 Å². The summed E-state index contributed by atoms with van der Waals surface area (Å²) in [5, 5.41) is 20.8. The summed E-state index contributed by atoms with van der Waals surface area (Å²) in [5.41, 5.74) is -0.376. The van der Waals surface area contributed by atoms with Crippen molar-refractivity contribution in [2.45, 2.75) is 25.3 Å². The standard InChI is InChI=1S/C13H19F2NO2/c1-13(2,8-16-10(6-17)7-18)11-5-9(14)3-4-12(11)15/h3-5,10,16-18H,6-8H2,1-2H3. The van der Waals surface area contributed by atoms with Crippen LogP contribution in [0.15, 0.2) is 18.2 Å². The zero-order valence-electron chi connectivity index (χ0n) is 10.6. The van der Waals surface area contributed by atoms with Gasteiger partial charge in [-0.2, -0.15) is 0 Å². The Balaban J connectivity index is 2.82. The predicted molar refractivity (Wildman–Crippen MR) is 65.3 cm³/mol. The van der Waals surface area contributed by atoms with E-state index in [4.69, 9.17) is 10.2 Å². The number of nitrogens with one attached hydrogen (secondary N) is 1. The fourth-order valence-electron chi connectivity index (χ4n) is 1.70. The molecule has 0 spiro atoms. The van der Waals surface area contributed by atoms with E-state index in [1.807, 2.05) is 0 Å². The number of hydrogen-bond acceptors (Lipinski definition) is 3. The molecule has 0 aliphatic heterocycles. The highest BCUT2D eigenvalue weighted by atomic mass is 19.1. The molecule has 0 amide bonds. The quantitative estimate of drug-likeness (QED) is 0.719. The van der Waals surface area contributed by atoms with Gasteiger partial charge in [0.25, 0.3) is 0 Å². The summed E-state index contributed by atoms with van der Waals surface area (Å²) in [6.07, 6.45) is 0. The van der Waals surface area contributed by atoms with Gasteiger partial charge >= 0.3 is 0 Å². The van der Waals surface area contributed by atoms with E-state index in [0.29, 0.717) is 6.54 Å². The van der Waals surface area contributed by atoms with Gasteiger partial charge in [0.05, 0.1) is 19.3 Å². The lowest BCUT2D eigenvalue weighted by Crippen LogP contribution is -2.43. The highest BCUT2D eigenvalue weighted by molar-refractivity contribution is 5.26. The SMILES string of the molecule is CC(C)(CNC(CO)CO)c1cc(F)ccc1F. The third-order valence-electron chi connectivity index (χ3n) is 2.93. The average Bonchev–Trinajstić information content (AvgIpc) is 2.33. The molecule has 18 heavy (non-hydrogen) atoms. The Bertz CT molecular complexity index is 393. The third-order valence-corrected chi connectivity index (χ3v) is 2.93. The lowest BCUT2D eigenvalue weighted by atomic mass is 9.84. The van der Waals surface area contributed by atoms with Crippen LogP contribution in [-0.4, -0.2) is 36.0 Å². The van der Waals surface area contributed by atoms with Crippen molar-refractivity contribution < 1.29 is 19.0 Å². The maximum absolute atomic E-state index is 13.7. The minimum absolute atomic E-state index is 0.210. The number of halogens is 2. The van der Waals surface area contributed by atoms with Gasteiger partial charge in [0, 0.05) is 12.0 Å². The van der Waals surface area contributed by atoms with Crippen molar-refractivity contribution in [3.63, 3.8) is 0 Å². The zero-order valence-corrected chi connectivity index (χ0v) is 10.6. The normalized spacial score (nSPS) is 12.2. The molecular formula is C13H19F2NO2. The van der Waals surface area contributed by atoms with Gasteiger partial charge in [-0.15, -0.1) is 0 Å². The van der Waals surface area contributed by atoms with Gasteiger partial charge in [-0.3, -0.25) is 0 Å². The first-order valence-electron chi connectivity index (χ1n) is 5.81. The minimum atomic E-state index is -0.644. The smallest absolute Gasteiger partial charge is 0.127 e. The van der Waals surface area contributed by atoms with Crippen LogP contribution in [0, 0.1) is 11.6 Å². The Morgan fingerprint density at radius 3 is 2.39 bits per heavy atom. The molecule has 0 heterocycles. The first-order valence-corrected chi connectivity index (χ1v) is 5.81. The molecule has 0 atom stereocenters. The van der Waals surface area contributed by atoms with E-state index in [2.05, 4.69) is 5.32 Å². The second-order valence-electron chi connectivity index (χ2n) is 4.95. The second kappa shape index (κ2) is 6.22. The van der Waals surface area contributed by atoms with E-state index in [0.717, 1.165) is 12.1 Å². The molecule has 0 fully saturated rings. The van der Waals surface area contributed by atoms with Crippen LogP contribution in [0.3, 0.4) is 0 Å². The molecule has 0 saturated carbocycles. The van der Waals surface area contributed by atoms with E-state index in [1.165, 1.54) is 6.07 Å². The van der Waals surface area contributed by atoms with Crippen LogP contribution in [0.5, 0.6) is 0 Å². The molecule has 0 radical (unpaired) electrons. The van der Waals surface area contributed by atoms with E-state index >= 15 is 0 Å². The first-order chi connectivity index (χ1) is 8.40. The van der Waals surface area contributed by atoms with Crippen molar-refractivity contribution >= 4 is 0 Å². The molecule has 0 aliphatic carbocycles. The highest BCUT2D eigenvalue weighted by Crippen LogP contribution is 2.26. The summed E-state index contributed by atoms with van der Waals surface area (Å²) in [4.78, 5) is 0. The van der Waals surface area contributed by atoms with E-state index in [1.54, 1.807) is 13.8 Å². The number of aliphatic hydroxyl groups excluding tert-OH is 2. The molecule has 1 aromatic rings. The average molecular weight is 259 g/mol. The first kappa shape index (κ1) is 15.0. The molecule has 0 bridgehead atoms. The fraction of sp³-hybridized carbons (Fsp3) is 0.538. The van der Waals surface area contributed by atoms with Crippen molar-refractivity contribution in [1.29, 1.82) is 0 Å². The molecule has 0 aliphatic rings. The van der Waals surface area contributed by atoms with Gasteiger partial charge < -0.3 is 15.5 Å². The van der Waals surface area contributed by atoms with Crippen molar-refractivity contribution in [2.75, 3.05) is 19.8 Å². The minimum Gasteiger partial charge on any atom is -0.395 e. The van der Waals surface area contributed by atoms with Gasteiger partial charge in [0.2, 0.25) is 0 Å². The molecule has 1 aromatic carbocycles. The van der Waals surface area contributed by atoms with Gasteiger partial charge in [-0.1, -0.05) is 13.8 Å². The molecule has 3 nitrogen and oxygen atoms in total. The van der Waals surface area contributed by atoms with Crippen LogP contribution >= 0.6 is 0 Å². The van der Waals surface area contributed by atoms with Gasteiger partial charge in [0.15, 0.2) is 0 Å². The lowest BCUT2D eigenvalue weighted by molar-refractivity contribution is 0.166. The maximum atomic E-state index is 13.7. The molecule has 0 unspecified atom stereocenters. The Morgan fingerprint density at radius 1 is 1.22 bits per heavy atom. The summed E-state index contributed by atoms with van der Waals surface area (Å²) in [7, 11) is 0. The zero-order chi connectivity index (χ0) is 13.8. The molecule has 5 heteroatoms. The van der Waals surface area contributed by atoms with E-state index < -0.39 is 23.1 Å². The molecule has 3 N–H and O–H groups in total. The van der Waals surface area contributed by atoms with Gasteiger partial charge in [-0.05, 0) is 23.8 Å². The summed E-state index contributed by atoms with van der Waals surface area (Å²) in [5.74, 6) is -0.951. The Morgan fingerprint density at radius 2 is 1.83 bits per heavy atom. The van der Waals surface area contributed by atoms with Crippen LogP contribution in [0.1, 0.15) is 19.4 Å². The second-order valence-corrected chi connectivity index (χ2v) is 4.95. The monoisotopic (exact) mass is 259 g/mol. The highest BCUT2D eigenvalue weighted by Gasteiger charge is 2.25. The number of aliphatic hydroxyl groups is 2. The summed E-state index contributed by atoms with van der Waals surface area (Å²) in [6, 6.07) is 2.89. The van der Waals surface area contributed by atoms with Crippen molar-refractivity contribution in [1.82, 2.24) is 5.32 Å². The van der Waals surface area contributed by atoms with Crippen LogP contribution in [0.2, 0.25) is 0 Å². The predicted octanol–water partition coefficient (Wildman–Crippen LogP) is 1.19. The van der Waals surface area contributed by atoms with Gasteiger partial charge in [0.1, 0.15) is 11.6 Å². The van der Waals surface area contributed by atoms with Crippen LogP contribution in [0.25, 0.3) is 0 Å². The maximum Gasteiger partial charge on any atom is 0.127 e. The topological polar surface area (TPSA) is 52.5 Å². The largest absolute Gasteiger partial charge is 0.395 e. The molecule has 0 aromatic heterocycles. The molecule has 0 saturated heterocycles. The van der Waals surface area contributed by atoms with Crippen LogP contribution < -0.4 is 5.32 Å². The number of rotatable bonds is 6. The van der Waals surface area contributed by atoms with Gasteiger partial charge in [-0.25, -0.2) is 8.78 Å². The molecule has 1 rings (SSSR count).